The van der Waals surface area contributed by atoms with Gasteiger partial charge in [0.05, 0.1) is 5.69 Å². The summed E-state index contributed by atoms with van der Waals surface area (Å²) in [5.74, 6) is 0.920. The highest BCUT2D eigenvalue weighted by atomic mass is 16.5. The number of nitrogens with zero attached hydrogens (tertiary/aromatic N) is 2. The molecule has 0 spiro atoms. The molecule has 4 aromatic rings. The van der Waals surface area contributed by atoms with E-state index in [0.717, 1.165) is 11.1 Å². The molecule has 4 rings (SSSR count). The van der Waals surface area contributed by atoms with Crippen LogP contribution in [0, 0.1) is 13.8 Å². The topological polar surface area (TPSA) is 81.9 Å². The lowest BCUT2D eigenvalue weighted by molar-refractivity contribution is -0.118. The van der Waals surface area contributed by atoms with Crippen LogP contribution in [0.4, 0.5) is 5.69 Å². The summed E-state index contributed by atoms with van der Waals surface area (Å²) in [6.45, 7) is 3.90. The maximum Gasteiger partial charge on any atom is 0.262 e. The van der Waals surface area contributed by atoms with Crippen molar-refractivity contribution in [3.05, 3.63) is 100 Å². The van der Waals surface area contributed by atoms with Gasteiger partial charge in [-0.15, -0.1) is 0 Å². The van der Waals surface area contributed by atoms with Crippen molar-refractivity contribution < 1.29 is 14.3 Å². The van der Waals surface area contributed by atoms with Crippen LogP contribution in [0.3, 0.4) is 0 Å². The number of ether oxygens (including phenoxy) is 2. The van der Waals surface area contributed by atoms with E-state index < -0.39 is 0 Å². The summed E-state index contributed by atoms with van der Waals surface area (Å²) in [5, 5.41) is 2.79. The number of nitrogens with one attached hydrogen (secondary N) is 1. The number of hydrogen-bond donors (Lipinski definition) is 1. The number of aromatic nitrogens is 2. The second kappa shape index (κ2) is 9.34. The number of rotatable bonds is 7. The summed E-state index contributed by atoms with van der Waals surface area (Å²) >= 11 is 0. The van der Waals surface area contributed by atoms with Crippen LogP contribution < -0.4 is 20.3 Å². The minimum atomic E-state index is -0.275. The molecule has 0 fully saturated rings. The molecule has 0 aliphatic heterocycles. The van der Waals surface area contributed by atoms with Crippen LogP contribution in [-0.4, -0.2) is 21.9 Å². The Kier molecular flexibility index (Phi) is 6.17. The molecule has 1 amide bonds. The predicted molar refractivity (Wildman–Crippen MR) is 122 cm³/mol. The molecule has 0 aliphatic rings. The van der Waals surface area contributed by atoms with Crippen molar-refractivity contribution in [2.45, 2.75) is 20.5 Å². The highest BCUT2D eigenvalue weighted by Gasteiger charge is 2.07. The third kappa shape index (κ3) is 5.13. The maximum atomic E-state index is 12.3. The van der Waals surface area contributed by atoms with Crippen LogP contribution >= 0.6 is 0 Å². The van der Waals surface area contributed by atoms with Crippen molar-refractivity contribution in [1.82, 2.24) is 9.38 Å². The summed E-state index contributed by atoms with van der Waals surface area (Å²) < 4.78 is 12.8. The Morgan fingerprint density at radius 3 is 2.56 bits per heavy atom. The van der Waals surface area contributed by atoms with Crippen LogP contribution in [0.25, 0.3) is 5.65 Å². The number of aryl methyl sites for hydroxylation is 2. The van der Waals surface area contributed by atoms with E-state index in [1.807, 2.05) is 50.2 Å². The third-order valence-electron chi connectivity index (χ3n) is 4.80. The van der Waals surface area contributed by atoms with Crippen molar-refractivity contribution in [3.8, 4) is 11.5 Å². The summed E-state index contributed by atoms with van der Waals surface area (Å²) in [4.78, 5) is 29.1. The van der Waals surface area contributed by atoms with E-state index in [4.69, 9.17) is 9.47 Å². The van der Waals surface area contributed by atoms with Crippen LogP contribution in [-0.2, 0) is 11.4 Å². The average Bonchev–Trinajstić information content (AvgIpc) is 2.77. The first-order valence-electron chi connectivity index (χ1n) is 10.2. The Hall–Kier alpha value is -4.13. The molecule has 7 nitrogen and oxygen atoms in total. The van der Waals surface area contributed by atoms with Crippen molar-refractivity contribution >= 4 is 17.2 Å². The number of pyridine rings is 1. The summed E-state index contributed by atoms with van der Waals surface area (Å²) in [6.07, 6.45) is 1.69. The quantitative estimate of drug-likeness (QED) is 0.482. The second-order valence-corrected chi connectivity index (χ2v) is 7.44. The van der Waals surface area contributed by atoms with Gasteiger partial charge in [-0.2, -0.15) is 0 Å². The molecule has 2 aromatic heterocycles. The first-order chi connectivity index (χ1) is 15.5. The molecule has 1 N–H and O–H groups in total. The van der Waals surface area contributed by atoms with Gasteiger partial charge >= 0.3 is 0 Å². The average molecular weight is 429 g/mol. The molecule has 0 atom stereocenters. The zero-order valence-corrected chi connectivity index (χ0v) is 17.9. The van der Waals surface area contributed by atoms with E-state index >= 15 is 0 Å². The summed E-state index contributed by atoms with van der Waals surface area (Å²) in [6, 6.07) is 19.7. The number of carbonyl (C=O) groups excluding carboxylic acids is 1. The van der Waals surface area contributed by atoms with Crippen molar-refractivity contribution in [3.63, 3.8) is 0 Å². The smallest absolute Gasteiger partial charge is 0.262 e. The Bertz CT molecular complexity index is 1330. The highest BCUT2D eigenvalue weighted by molar-refractivity contribution is 5.92. The number of carbonyl (C=O) groups is 1. The zero-order valence-electron chi connectivity index (χ0n) is 17.9. The van der Waals surface area contributed by atoms with Gasteiger partial charge in [-0.3, -0.25) is 14.0 Å². The Balaban J connectivity index is 1.38. The predicted octanol–water partition coefficient (Wildman–Crippen LogP) is 3.91. The van der Waals surface area contributed by atoms with Gasteiger partial charge < -0.3 is 14.8 Å². The SMILES string of the molecule is Cc1cccc(OCC(=O)Nc2cccc(OCc3cc(=O)n4cccc(C)c4n3)c2)c1. The molecule has 32 heavy (non-hydrogen) atoms. The van der Waals surface area contributed by atoms with Gasteiger partial charge in [-0.05, 0) is 55.3 Å². The molecule has 2 aromatic carbocycles. The molecule has 0 unspecified atom stereocenters. The Labute approximate surface area is 185 Å². The molecular formula is C25H23N3O4. The molecule has 2 heterocycles. The minimum Gasteiger partial charge on any atom is -0.487 e. The highest BCUT2D eigenvalue weighted by Crippen LogP contribution is 2.19. The number of anilines is 1. The first kappa shape index (κ1) is 21.1. The van der Waals surface area contributed by atoms with Crippen molar-refractivity contribution in [2.24, 2.45) is 0 Å². The number of hydrogen-bond acceptors (Lipinski definition) is 5. The van der Waals surface area contributed by atoms with E-state index in [0.29, 0.717) is 28.5 Å². The van der Waals surface area contributed by atoms with E-state index in [2.05, 4.69) is 10.3 Å². The first-order valence-corrected chi connectivity index (χ1v) is 10.2. The molecule has 0 saturated carbocycles. The Morgan fingerprint density at radius 1 is 0.969 bits per heavy atom. The molecule has 162 valence electrons. The standard InChI is InChI=1S/C25H23N3O4/c1-17-6-3-9-21(12-17)32-16-23(29)26-19-8-4-10-22(13-19)31-15-20-14-24(30)28-11-5-7-18(2)25(28)27-20/h3-14H,15-16H2,1-2H3,(H,26,29). The monoisotopic (exact) mass is 429 g/mol. The lowest BCUT2D eigenvalue weighted by atomic mass is 10.2. The minimum absolute atomic E-state index is 0.0984. The molecule has 0 radical (unpaired) electrons. The number of fused-ring (bicyclic) bond motifs is 1. The molecule has 0 saturated heterocycles. The molecule has 0 aliphatic carbocycles. The van der Waals surface area contributed by atoms with E-state index in [9.17, 15) is 9.59 Å². The van der Waals surface area contributed by atoms with Gasteiger partial charge in [0.15, 0.2) is 6.61 Å². The van der Waals surface area contributed by atoms with Gasteiger partial charge in [0.2, 0.25) is 0 Å². The lowest BCUT2D eigenvalue weighted by Crippen LogP contribution is -2.20. The molecule has 7 heteroatoms. The fourth-order valence-electron chi connectivity index (χ4n) is 3.25. The number of amides is 1. The van der Waals surface area contributed by atoms with E-state index in [1.54, 1.807) is 30.5 Å². The van der Waals surface area contributed by atoms with Gasteiger partial charge in [0.1, 0.15) is 23.8 Å². The second-order valence-electron chi connectivity index (χ2n) is 7.44. The third-order valence-corrected chi connectivity index (χ3v) is 4.80. The Morgan fingerprint density at radius 2 is 1.75 bits per heavy atom. The normalized spacial score (nSPS) is 10.7. The van der Waals surface area contributed by atoms with Crippen molar-refractivity contribution in [1.29, 1.82) is 0 Å². The zero-order chi connectivity index (χ0) is 22.5. The van der Waals surface area contributed by atoms with Crippen LogP contribution in [0.15, 0.2) is 77.7 Å². The lowest BCUT2D eigenvalue weighted by Gasteiger charge is -2.11. The van der Waals surface area contributed by atoms with Gasteiger partial charge in [0.25, 0.3) is 11.5 Å². The van der Waals surface area contributed by atoms with Gasteiger partial charge in [-0.25, -0.2) is 4.98 Å². The van der Waals surface area contributed by atoms with Crippen molar-refractivity contribution in [2.75, 3.05) is 11.9 Å². The van der Waals surface area contributed by atoms with E-state index in [-0.39, 0.29) is 24.7 Å². The largest absolute Gasteiger partial charge is 0.487 e. The van der Waals surface area contributed by atoms with Gasteiger partial charge in [0, 0.05) is 24.0 Å². The fraction of sp³-hybridized carbons (Fsp3) is 0.160. The summed E-state index contributed by atoms with van der Waals surface area (Å²) in [7, 11) is 0. The maximum absolute atomic E-state index is 12.3. The molecular weight excluding hydrogens is 406 g/mol. The van der Waals surface area contributed by atoms with Gasteiger partial charge in [-0.1, -0.05) is 24.3 Å². The van der Waals surface area contributed by atoms with E-state index in [1.165, 1.54) is 10.5 Å². The summed E-state index contributed by atoms with van der Waals surface area (Å²) in [5.41, 5.74) is 3.53. The van der Waals surface area contributed by atoms with Crippen LogP contribution in [0.1, 0.15) is 16.8 Å². The fourth-order valence-corrected chi connectivity index (χ4v) is 3.25. The molecule has 0 bridgehead atoms. The van der Waals surface area contributed by atoms with Crippen LogP contribution in [0.2, 0.25) is 0 Å². The van der Waals surface area contributed by atoms with Crippen LogP contribution in [0.5, 0.6) is 11.5 Å². The number of benzene rings is 2.